The van der Waals surface area contributed by atoms with Gasteiger partial charge in [-0.2, -0.15) is 15.8 Å². The van der Waals surface area contributed by atoms with Crippen molar-refractivity contribution in [2.45, 2.75) is 0 Å². The molecule has 14 heteroatoms. The van der Waals surface area contributed by atoms with Gasteiger partial charge in [0.25, 0.3) is 0 Å². The molecule has 0 aliphatic heterocycles. The van der Waals surface area contributed by atoms with Crippen molar-refractivity contribution < 1.29 is 13.3 Å². The van der Waals surface area contributed by atoms with Gasteiger partial charge >= 0.3 is 0 Å². The molecule has 0 aliphatic rings. The number of nitrogens with zero attached hydrogens (tertiary/aromatic N) is 10. The van der Waals surface area contributed by atoms with Gasteiger partial charge in [-0.25, -0.2) is 9.69 Å². The number of rotatable bonds is 13. The fourth-order valence-corrected chi connectivity index (χ4v) is 24.5. The molecule has 0 unspecified atom stereocenters. The van der Waals surface area contributed by atoms with Gasteiger partial charge in [-0.1, -0.05) is 212 Å². The SMILES string of the molecule is N#Cc1cccc([Si](c2ccccc2)(c2ccccc2)c2cccc(-c3cc(-n4c5ccccc5c5ccccc54)cc4c3oc3ccccc34)c2)c1.[C-]#[N+]c1ccc2c(c1)c1ccccc1n2-c1cc(C#N)cc(-c2cc(-c3cccnc3)cc(-c3cccnc3)c2)c1.[C-]#[N+]c1ccc2oc3ccc(-c4cc(-c5cccnc5)cc(-c5ccc6oc7ccc(C#N)cc7c6c5)c4)cc3c2c1. The van der Waals surface area contributed by atoms with Gasteiger partial charge in [0.05, 0.1) is 70.1 Å². The van der Waals surface area contributed by atoms with Gasteiger partial charge < -0.3 is 22.4 Å². The Bertz CT molecular complexity index is 9030. The van der Waals surface area contributed by atoms with E-state index >= 15 is 0 Å². The van der Waals surface area contributed by atoms with Crippen LogP contribution in [0.4, 0.5) is 11.4 Å². The number of benzene rings is 17. The smallest absolute Gasteiger partial charge is 0.188 e. The first-order valence-electron chi connectivity index (χ1n) is 44.5. The van der Waals surface area contributed by atoms with Crippen LogP contribution in [0.5, 0.6) is 0 Å². The highest BCUT2D eigenvalue weighted by molar-refractivity contribution is 7.20. The van der Waals surface area contributed by atoms with E-state index < -0.39 is 8.07 Å². The molecule has 136 heavy (non-hydrogen) atoms. The van der Waals surface area contributed by atoms with E-state index in [0.717, 1.165) is 188 Å². The number of hydrogen-bond donors (Lipinski definition) is 0. The van der Waals surface area contributed by atoms with Crippen LogP contribution in [0.15, 0.2) is 451 Å². The zero-order chi connectivity index (χ0) is 91.3. The molecule has 632 valence electrons. The van der Waals surface area contributed by atoms with Gasteiger partial charge in [-0.05, 0) is 270 Å². The standard InChI is InChI=1S/C49H32N2OSi.C37H19N3O2.C36H21N5/c50-33-34-15-13-21-39(29-34)53(37-17-3-1-4-18-37,38-19-5-2-6-20-38)40-22-14-16-35(30-40)44-31-36(32-45-43-25-9-12-28-48(43)52-49(44)45)51-46-26-10-7-23-41(46)42-24-8-11-27-47(42)51;1-39-29-7-11-37-33(19-29)32-18-24(6-10-36(32)42-37)27-14-26(15-28(16-27)25-3-2-12-40-21-25)23-5-9-35-31(17-23)30-13-22(20-38)4-8-34(30)41-35;1-38-31-10-11-36-34(20-31)33-8-2-3-9-35(33)41(36)32-15-24(21-37)14-27(19-32)30-17-28(25-6-4-12-39-22-25)16-29(18-30)26-7-5-13-40-23-26/h1-32H;2-19,21H;2-20,22-23H. The topological polar surface area (TPSA) is 168 Å². The van der Waals surface area contributed by atoms with E-state index in [1.807, 2.05) is 146 Å². The molecule has 25 aromatic rings. The maximum Gasteiger partial charge on any atom is 0.188 e. The Morgan fingerprint density at radius 3 is 1.17 bits per heavy atom. The van der Waals surface area contributed by atoms with Crippen LogP contribution in [0.3, 0.4) is 0 Å². The summed E-state index contributed by atoms with van der Waals surface area (Å²) in [7, 11) is -2.94. The summed E-state index contributed by atoms with van der Waals surface area (Å²) in [6.45, 7) is 14.9. The average Bonchev–Trinajstić information content (AvgIpc) is 0.923. The van der Waals surface area contributed by atoms with Gasteiger partial charge in [0.15, 0.2) is 19.4 Å². The second-order valence-corrected chi connectivity index (χ2v) is 37.5. The molecule has 0 spiro atoms. The van der Waals surface area contributed by atoms with Crippen molar-refractivity contribution in [1.29, 1.82) is 15.8 Å². The Morgan fingerprint density at radius 1 is 0.243 bits per heavy atom. The summed E-state index contributed by atoms with van der Waals surface area (Å²) in [5.74, 6) is 0. The quantitative estimate of drug-likeness (QED) is 0.0620. The molecule has 0 saturated carbocycles. The fourth-order valence-electron chi connectivity index (χ4n) is 19.7. The van der Waals surface area contributed by atoms with E-state index in [9.17, 15) is 15.8 Å². The van der Waals surface area contributed by atoms with E-state index in [-0.39, 0.29) is 0 Å². The van der Waals surface area contributed by atoms with Gasteiger partial charge in [0.2, 0.25) is 0 Å². The molecule has 17 aromatic carbocycles. The molecule has 0 atom stereocenters. The molecule has 25 rings (SSSR count). The maximum atomic E-state index is 10.1. The van der Waals surface area contributed by atoms with Crippen LogP contribution in [-0.2, 0) is 0 Å². The van der Waals surface area contributed by atoms with E-state index in [4.69, 9.17) is 26.4 Å². The molecule has 0 amide bonds. The number of pyridine rings is 3. The van der Waals surface area contributed by atoms with E-state index in [1.165, 1.54) is 31.5 Å². The fraction of sp³-hybridized carbons (Fsp3) is 0. The monoisotopic (exact) mass is 1750 g/mol. The first-order valence-corrected chi connectivity index (χ1v) is 46.5. The Balaban J connectivity index is 0.000000116. The molecule has 8 aromatic heterocycles. The van der Waals surface area contributed by atoms with E-state index in [1.54, 1.807) is 30.7 Å². The third kappa shape index (κ3) is 14.6. The molecule has 0 radical (unpaired) electrons. The van der Waals surface area contributed by atoms with E-state index in [2.05, 4.69) is 313 Å². The minimum absolute atomic E-state index is 0.566. The summed E-state index contributed by atoms with van der Waals surface area (Å²) in [4.78, 5) is 20.3. The molecule has 0 aliphatic carbocycles. The van der Waals surface area contributed by atoms with Crippen molar-refractivity contribution in [3.05, 3.63) is 477 Å². The van der Waals surface area contributed by atoms with Gasteiger partial charge in [0, 0.05) is 119 Å². The Kier molecular flexibility index (Phi) is 20.6. The van der Waals surface area contributed by atoms with Crippen LogP contribution in [0.25, 0.3) is 208 Å². The van der Waals surface area contributed by atoms with Crippen LogP contribution in [0.2, 0.25) is 0 Å². The summed E-state index contributed by atoms with van der Waals surface area (Å²) >= 11 is 0. The third-order valence-corrected chi connectivity index (χ3v) is 30.6. The first-order chi connectivity index (χ1) is 67.1. The zero-order valence-corrected chi connectivity index (χ0v) is 73.8. The van der Waals surface area contributed by atoms with Crippen molar-refractivity contribution in [3.8, 4) is 107 Å². The molecule has 8 heterocycles. The molecule has 13 nitrogen and oxygen atoms in total. The predicted molar refractivity (Wildman–Crippen MR) is 552 cm³/mol. The van der Waals surface area contributed by atoms with Crippen LogP contribution in [0.1, 0.15) is 16.7 Å². The maximum absolute atomic E-state index is 10.1. The van der Waals surface area contributed by atoms with Crippen LogP contribution < -0.4 is 20.7 Å². The second kappa shape index (κ2) is 34.4. The van der Waals surface area contributed by atoms with E-state index in [0.29, 0.717) is 28.1 Å². The highest BCUT2D eigenvalue weighted by atomic mass is 28.3. The molecule has 0 fully saturated rings. The molecular formula is C122H72N10O3Si. The molecular weight excluding hydrogens is 1680 g/mol. The number of para-hydroxylation sites is 4. The van der Waals surface area contributed by atoms with Crippen molar-refractivity contribution >= 4 is 150 Å². The average molecular weight is 1750 g/mol. The van der Waals surface area contributed by atoms with Crippen molar-refractivity contribution in [2.75, 3.05) is 0 Å². The van der Waals surface area contributed by atoms with Crippen LogP contribution >= 0.6 is 0 Å². The number of aromatic nitrogens is 5. The lowest BCUT2D eigenvalue weighted by Gasteiger charge is -2.34. The Morgan fingerprint density at radius 2 is 0.640 bits per heavy atom. The minimum atomic E-state index is -2.94. The number of fused-ring (bicyclic) bond motifs is 15. The van der Waals surface area contributed by atoms with Crippen molar-refractivity contribution in [3.63, 3.8) is 0 Å². The molecule has 0 N–H and O–H groups in total. The Hall–Kier alpha value is -19.1. The number of nitriles is 3. The lowest BCUT2D eigenvalue weighted by Crippen LogP contribution is -2.74. The van der Waals surface area contributed by atoms with Gasteiger partial charge in [-0.3, -0.25) is 15.0 Å². The summed E-state index contributed by atoms with van der Waals surface area (Å²) in [5.41, 5.74) is 28.5. The Labute approximate surface area is 782 Å². The summed E-state index contributed by atoms with van der Waals surface area (Å²) < 4.78 is 23.5. The lowest BCUT2D eigenvalue weighted by molar-refractivity contribution is 0.668. The van der Waals surface area contributed by atoms with Crippen molar-refractivity contribution in [1.82, 2.24) is 24.1 Å². The molecule has 0 saturated heterocycles. The van der Waals surface area contributed by atoms with Gasteiger partial charge in [-0.15, -0.1) is 0 Å². The number of hydrogen-bond acceptors (Lipinski definition) is 9. The molecule has 0 bridgehead atoms. The summed E-state index contributed by atoms with van der Waals surface area (Å²) in [6, 6.07) is 145. The minimum Gasteiger partial charge on any atom is -0.456 e. The van der Waals surface area contributed by atoms with Crippen LogP contribution in [-0.4, -0.2) is 32.2 Å². The largest absolute Gasteiger partial charge is 0.456 e. The predicted octanol–water partition coefficient (Wildman–Crippen LogP) is 28.9. The highest BCUT2D eigenvalue weighted by Gasteiger charge is 2.42. The van der Waals surface area contributed by atoms with Crippen molar-refractivity contribution in [2.24, 2.45) is 0 Å². The highest BCUT2D eigenvalue weighted by Crippen LogP contribution is 2.45. The summed E-state index contributed by atoms with van der Waals surface area (Å²) in [5, 5.41) is 45.0. The third-order valence-electron chi connectivity index (χ3n) is 25.9. The first kappa shape index (κ1) is 81.4. The van der Waals surface area contributed by atoms with Gasteiger partial charge in [0.1, 0.15) is 33.5 Å². The normalized spacial score (nSPS) is 11.3. The lowest BCUT2D eigenvalue weighted by atomic mass is 9.92. The zero-order valence-electron chi connectivity index (χ0n) is 72.8. The second-order valence-electron chi connectivity index (χ2n) is 33.7. The van der Waals surface area contributed by atoms with Crippen LogP contribution in [0, 0.1) is 47.1 Å². The number of furan rings is 3. The summed E-state index contributed by atoms with van der Waals surface area (Å²) in [6.07, 6.45) is 10.9.